The van der Waals surface area contributed by atoms with Gasteiger partial charge in [-0.25, -0.2) is 14.4 Å². The zero-order chi connectivity index (χ0) is 21.6. The number of carbonyl (C=O) groups is 1. The fourth-order valence-electron chi connectivity index (χ4n) is 3.17. The molecule has 1 aliphatic rings. The quantitative estimate of drug-likeness (QED) is 0.530. The molecule has 0 bridgehead atoms. The van der Waals surface area contributed by atoms with E-state index in [9.17, 15) is 9.18 Å². The van der Waals surface area contributed by atoms with Crippen molar-refractivity contribution in [1.29, 1.82) is 0 Å². The van der Waals surface area contributed by atoms with Crippen molar-refractivity contribution >= 4 is 29.2 Å². The van der Waals surface area contributed by atoms with E-state index >= 15 is 0 Å². The molecule has 3 rings (SSSR count). The van der Waals surface area contributed by atoms with E-state index in [1.54, 1.807) is 6.07 Å². The van der Waals surface area contributed by atoms with Gasteiger partial charge in [-0.3, -0.25) is 4.79 Å². The predicted octanol–water partition coefficient (Wildman–Crippen LogP) is 3.92. The number of nitrogens with one attached hydrogen (secondary N) is 1. The second-order valence-corrected chi connectivity index (χ2v) is 7.46. The maximum Gasteiger partial charge on any atom is 0.282 e. The van der Waals surface area contributed by atoms with Gasteiger partial charge in [0.2, 0.25) is 0 Å². The molecular formula is C21H24ClFN4O3. The first-order chi connectivity index (χ1) is 14.4. The van der Waals surface area contributed by atoms with Gasteiger partial charge in [0.25, 0.3) is 11.9 Å². The third-order valence-corrected chi connectivity index (χ3v) is 5.26. The number of hydrogen-bond acceptors (Lipinski definition) is 5. The van der Waals surface area contributed by atoms with Crippen molar-refractivity contribution in [2.24, 2.45) is 10.7 Å². The summed E-state index contributed by atoms with van der Waals surface area (Å²) in [5, 5.41) is 3.11. The minimum Gasteiger partial charge on any atom is -0.459 e. The minimum absolute atomic E-state index is 0.0120. The van der Waals surface area contributed by atoms with Gasteiger partial charge in [0.1, 0.15) is 17.1 Å². The molecule has 0 radical (unpaired) electrons. The molecule has 2 aromatic rings. The monoisotopic (exact) mass is 434 g/mol. The first kappa shape index (κ1) is 22.0. The van der Waals surface area contributed by atoms with E-state index < -0.39 is 17.3 Å². The zero-order valence-corrected chi connectivity index (χ0v) is 17.4. The maximum atomic E-state index is 14.2. The lowest BCUT2D eigenvalue weighted by Crippen LogP contribution is -2.42. The van der Waals surface area contributed by atoms with Crippen LogP contribution >= 0.6 is 11.6 Å². The van der Waals surface area contributed by atoms with Crippen LogP contribution in [0.5, 0.6) is 0 Å². The van der Waals surface area contributed by atoms with Crippen LogP contribution in [0.3, 0.4) is 0 Å². The van der Waals surface area contributed by atoms with Gasteiger partial charge < -0.3 is 20.5 Å². The summed E-state index contributed by atoms with van der Waals surface area (Å²) in [6.45, 7) is 3.23. The third kappa shape index (κ3) is 5.67. The summed E-state index contributed by atoms with van der Waals surface area (Å²) in [5.41, 5.74) is 6.44. The van der Waals surface area contributed by atoms with Crippen LogP contribution in [0.1, 0.15) is 42.2 Å². The number of hydrogen-bond donors (Lipinski definition) is 2. The highest BCUT2D eigenvalue weighted by Gasteiger charge is 2.33. The first-order valence-electron chi connectivity index (χ1n) is 9.69. The predicted molar refractivity (Wildman–Crippen MR) is 113 cm³/mol. The number of anilines is 1. The molecule has 1 saturated heterocycles. The molecular weight excluding hydrogens is 411 g/mol. The summed E-state index contributed by atoms with van der Waals surface area (Å²) in [6, 6.07) is 7.31. The Kier molecular flexibility index (Phi) is 7.23. The molecule has 160 valence electrons. The van der Waals surface area contributed by atoms with Crippen molar-refractivity contribution in [3.63, 3.8) is 0 Å². The van der Waals surface area contributed by atoms with Gasteiger partial charge >= 0.3 is 0 Å². The molecule has 0 atom stereocenters. The lowest BCUT2D eigenvalue weighted by atomic mass is 9.91. The van der Waals surface area contributed by atoms with Gasteiger partial charge in [-0.15, -0.1) is 0 Å². The van der Waals surface area contributed by atoms with Gasteiger partial charge in [0, 0.05) is 30.3 Å². The second-order valence-electron chi connectivity index (χ2n) is 7.03. The number of nitrogens with two attached hydrogens (primary N) is 1. The normalized spacial score (nSPS) is 16.2. The van der Waals surface area contributed by atoms with Crippen LogP contribution in [0.15, 0.2) is 41.5 Å². The average Bonchev–Trinajstić information content (AvgIpc) is 2.75. The number of amides is 1. The van der Waals surface area contributed by atoms with E-state index in [2.05, 4.69) is 15.3 Å². The number of carbonyl (C=O) groups excluding carboxylic acids is 1. The third-order valence-electron chi connectivity index (χ3n) is 5.04. The molecule has 1 amide bonds. The minimum atomic E-state index is -0.453. The Morgan fingerprint density at radius 3 is 2.80 bits per heavy atom. The molecule has 7 nitrogen and oxygen atoms in total. The van der Waals surface area contributed by atoms with Gasteiger partial charge in [0.15, 0.2) is 0 Å². The molecule has 30 heavy (non-hydrogen) atoms. The van der Waals surface area contributed by atoms with Gasteiger partial charge in [-0.2, -0.15) is 0 Å². The number of aromatic nitrogens is 1. The maximum absolute atomic E-state index is 14.2. The largest absolute Gasteiger partial charge is 0.459 e. The van der Waals surface area contributed by atoms with Gasteiger partial charge in [-0.1, -0.05) is 18.5 Å². The Bertz CT molecular complexity index is 915. The number of benzene rings is 1. The lowest BCUT2D eigenvalue weighted by molar-refractivity contribution is -0.0566. The Hall–Kier alpha value is -2.71. The van der Waals surface area contributed by atoms with Crippen LogP contribution in [0.4, 0.5) is 10.1 Å². The van der Waals surface area contributed by atoms with Crippen molar-refractivity contribution in [3.05, 3.63) is 58.6 Å². The van der Waals surface area contributed by atoms with Crippen LogP contribution in [0, 0.1) is 5.82 Å². The molecule has 1 fully saturated rings. The summed E-state index contributed by atoms with van der Waals surface area (Å²) in [4.78, 5) is 20.4. The highest BCUT2D eigenvalue weighted by Crippen LogP contribution is 2.28. The first-order valence-corrected chi connectivity index (χ1v) is 10.1. The highest BCUT2D eigenvalue weighted by atomic mass is 35.5. The van der Waals surface area contributed by atoms with E-state index in [1.807, 2.05) is 6.92 Å². The topological polar surface area (TPSA) is 98.8 Å². The fourth-order valence-corrected chi connectivity index (χ4v) is 3.28. The molecule has 1 aliphatic heterocycles. The van der Waals surface area contributed by atoms with Crippen molar-refractivity contribution in [2.75, 3.05) is 18.5 Å². The lowest BCUT2D eigenvalue weighted by Gasteiger charge is -2.36. The zero-order valence-electron chi connectivity index (χ0n) is 16.7. The fraction of sp³-hybridized carbons (Fsp3) is 0.381. The Balaban J connectivity index is 1.66. The molecule has 2 heterocycles. The number of nitrogens with zero attached hydrogens (tertiary/aromatic N) is 2. The number of ether oxygens (including phenoxy) is 2. The smallest absolute Gasteiger partial charge is 0.282 e. The van der Waals surface area contributed by atoms with Crippen molar-refractivity contribution in [1.82, 2.24) is 4.98 Å². The number of halogens is 2. The van der Waals surface area contributed by atoms with Gasteiger partial charge in [0.05, 0.1) is 24.8 Å². The Labute approximate surface area is 179 Å². The van der Waals surface area contributed by atoms with E-state index in [4.69, 9.17) is 26.8 Å². The van der Waals surface area contributed by atoms with Crippen LogP contribution in [0.25, 0.3) is 0 Å². The molecule has 0 spiro atoms. The van der Waals surface area contributed by atoms with Crippen molar-refractivity contribution in [2.45, 2.75) is 38.3 Å². The summed E-state index contributed by atoms with van der Waals surface area (Å²) in [7, 11) is 0. The van der Waals surface area contributed by atoms with E-state index in [0.717, 1.165) is 19.3 Å². The molecule has 9 heteroatoms. The number of amidine groups is 1. The van der Waals surface area contributed by atoms with Crippen molar-refractivity contribution in [3.8, 4) is 0 Å². The number of pyridine rings is 1. The highest BCUT2D eigenvalue weighted by molar-refractivity contribution is 6.30. The standard InChI is InChI=1S/C21H24ClFN4O3/c1-2-21(7-9-29-10-8-21)30-20(24)26-12-14-11-16(4-5-17(14)23)27-19(28)18-6-3-15(22)13-25-18/h3-6,11,13H,2,7-10,12H2,1H3,(H2,24,26)(H,27,28). The summed E-state index contributed by atoms with van der Waals surface area (Å²) < 4.78 is 25.5. The summed E-state index contributed by atoms with van der Waals surface area (Å²) >= 11 is 5.78. The van der Waals surface area contributed by atoms with Crippen molar-refractivity contribution < 1.29 is 18.7 Å². The molecule has 1 aromatic carbocycles. The number of rotatable bonds is 6. The molecule has 1 aromatic heterocycles. The SMILES string of the molecule is CCC1(OC(N)=NCc2cc(NC(=O)c3ccc(Cl)cn3)ccc2F)CCOCC1. The van der Waals surface area contributed by atoms with Crippen LogP contribution < -0.4 is 11.1 Å². The average molecular weight is 435 g/mol. The van der Waals surface area contributed by atoms with Crippen LogP contribution in [-0.2, 0) is 16.0 Å². The Morgan fingerprint density at radius 1 is 1.37 bits per heavy atom. The molecule has 0 saturated carbocycles. The summed E-state index contributed by atoms with van der Waals surface area (Å²) in [5.74, 6) is -0.884. The molecule has 3 N–H and O–H groups in total. The van der Waals surface area contributed by atoms with E-state index in [1.165, 1.54) is 30.5 Å². The molecule has 0 unspecified atom stereocenters. The van der Waals surface area contributed by atoms with E-state index in [-0.39, 0.29) is 23.8 Å². The Morgan fingerprint density at radius 2 is 2.13 bits per heavy atom. The number of aliphatic imine (C=N–C) groups is 1. The van der Waals surface area contributed by atoms with E-state index in [0.29, 0.717) is 23.9 Å². The van der Waals surface area contributed by atoms with Gasteiger partial charge in [-0.05, 0) is 36.8 Å². The van der Waals surface area contributed by atoms with Crippen LogP contribution in [-0.4, -0.2) is 35.7 Å². The second kappa shape index (κ2) is 9.86. The summed E-state index contributed by atoms with van der Waals surface area (Å²) in [6.07, 6.45) is 3.62. The molecule has 0 aliphatic carbocycles. The van der Waals surface area contributed by atoms with Crippen LogP contribution in [0.2, 0.25) is 5.02 Å².